The summed E-state index contributed by atoms with van der Waals surface area (Å²) in [6.45, 7) is 7.39. The summed E-state index contributed by atoms with van der Waals surface area (Å²) in [4.78, 5) is 68.0. The molecule has 0 aliphatic carbocycles. The molecule has 5 atom stereocenters. The fourth-order valence-electron chi connectivity index (χ4n) is 3.46. The molecule has 1 rings (SSSR count). The second-order valence-electron chi connectivity index (χ2n) is 9.28. The number of hydrogen-bond donors (Lipinski definition) is 7. The molecular weight excluding hydrogens is 472 g/mol. The zero-order valence-corrected chi connectivity index (χ0v) is 21.1. The number of H-pyrrole nitrogens is 1. The maximum atomic E-state index is 13.1. The molecule has 1 heterocycles. The molecule has 0 radical (unpaired) electrons. The summed E-state index contributed by atoms with van der Waals surface area (Å²) in [5.41, 5.74) is 6.41. The van der Waals surface area contributed by atoms with E-state index in [4.69, 9.17) is 10.8 Å². The second kappa shape index (κ2) is 14.8. The van der Waals surface area contributed by atoms with Crippen LogP contribution in [-0.4, -0.2) is 74.0 Å². The van der Waals surface area contributed by atoms with Crippen LogP contribution in [0.5, 0.6) is 0 Å². The van der Waals surface area contributed by atoms with Gasteiger partial charge in [0.05, 0.1) is 12.4 Å². The Morgan fingerprint density at radius 1 is 1.00 bits per heavy atom. The summed E-state index contributed by atoms with van der Waals surface area (Å²) in [5, 5.41) is 26.1. The molecule has 13 nitrogen and oxygen atoms in total. The van der Waals surface area contributed by atoms with E-state index in [-0.39, 0.29) is 24.7 Å². The molecular formula is C23H38N6O7. The number of nitrogens with two attached hydrogens (primary N) is 1. The summed E-state index contributed by atoms with van der Waals surface area (Å²) in [6.07, 6.45) is 2.89. The van der Waals surface area contributed by atoms with Crippen LogP contribution < -0.4 is 21.7 Å². The van der Waals surface area contributed by atoms with Gasteiger partial charge in [-0.3, -0.25) is 19.2 Å². The van der Waals surface area contributed by atoms with E-state index in [1.54, 1.807) is 6.92 Å². The number of amides is 3. The smallest absolute Gasteiger partial charge is 0.326 e. The molecule has 0 aliphatic rings. The SMILES string of the molecule is CCC(C)C(NC(=O)C(N)CC(C)C)C(=O)NC(CCC(=O)O)C(=O)NC(Cc1cnc[nH]1)C(=O)O. The normalized spacial score (nSPS) is 15.3. The van der Waals surface area contributed by atoms with Gasteiger partial charge in [0, 0.05) is 24.7 Å². The summed E-state index contributed by atoms with van der Waals surface area (Å²) in [6, 6.07) is -4.54. The predicted octanol–water partition coefficient (Wildman–Crippen LogP) is -0.224. The third kappa shape index (κ3) is 10.4. The van der Waals surface area contributed by atoms with Crippen molar-refractivity contribution in [1.29, 1.82) is 0 Å². The van der Waals surface area contributed by atoms with Gasteiger partial charge in [0.15, 0.2) is 0 Å². The number of carbonyl (C=O) groups is 5. The molecule has 0 saturated carbocycles. The number of carbonyl (C=O) groups excluding carboxylic acids is 3. The van der Waals surface area contributed by atoms with Crippen LogP contribution >= 0.6 is 0 Å². The first-order chi connectivity index (χ1) is 16.8. The maximum Gasteiger partial charge on any atom is 0.326 e. The van der Waals surface area contributed by atoms with E-state index in [0.717, 1.165) is 0 Å². The van der Waals surface area contributed by atoms with Gasteiger partial charge in [-0.2, -0.15) is 0 Å². The second-order valence-corrected chi connectivity index (χ2v) is 9.28. The van der Waals surface area contributed by atoms with Gasteiger partial charge in [-0.05, 0) is 24.7 Å². The van der Waals surface area contributed by atoms with Crippen molar-refractivity contribution in [2.45, 2.75) is 84.0 Å². The number of carboxylic acid groups (broad SMARTS) is 2. The first-order valence-corrected chi connectivity index (χ1v) is 11.9. The largest absolute Gasteiger partial charge is 0.481 e. The van der Waals surface area contributed by atoms with Crippen LogP contribution in [0.1, 0.15) is 59.1 Å². The van der Waals surface area contributed by atoms with Crippen LogP contribution in [0.2, 0.25) is 0 Å². The van der Waals surface area contributed by atoms with Gasteiger partial charge in [-0.1, -0.05) is 34.1 Å². The van der Waals surface area contributed by atoms with Crippen molar-refractivity contribution in [1.82, 2.24) is 25.9 Å². The number of nitrogens with zero attached hydrogens (tertiary/aromatic N) is 1. The van der Waals surface area contributed by atoms with Crippen LogP contribution in [0.4, 0.5) is 0 Å². The number of nitrogens with one attached hydrogen (secondary N) is 4. The molecule has 202 valence electrons. The highest BCUT2D eigenvalue weighted by atomic mass is 16.4. The number of carboxylic acids is 2. The number of imidazole rings is 1. The number of rotatable bonds is 16. The Balaban J connectivity index is 3.03. The van der Waals surface area contributed by atoms with Gasteiger partial charge in [-0.25, -0.2) is 9.78 Å². The number of aliphatic carboxylic acids is 2. The molecule has 0 aromatic carbocycles. The van der Waals surface area contributed by atoms with Crippen molar-refractivity contribution in [3.8, 4) is 0 Å². The first kappa shape index (κ1) is 30.6. The van der Waals surface area contributed by atoms with Crippen molar-refractivity contribution >= 4 is 29.7 Å². The molecule has 13 heteroatoms. The van der Waals surface area contributed by atoms with Gasteiger partial charge in [0.2, 0.25) is 17.7 Å². The quantitative estimate of drug-likeness (QED) is 0.156. The van der Waals surface area contributed by atoms with E-state index < -0.39 is 60.2 Å². The van der Waals surface area contributed by atoms with Crippen LogP contribution in [-0.2, 0) is 30.4 Å². The fourth-order valence-corrected chi connectivity index (χ4v) is 3.46. The Kier molecular flexibility index (Phi) is 12.6. The van der Waals surface area contributed by atoms with Crippen molar-refractivity contribution in [3.05, 3.63) is 18.2 Å². The van der Waals surface area contributed by atoms with E-state index >= 15 is 0 Å². The van der Waals surface area contributed by atoms with Gasteiger partial charge >= 0.3 is 11.9 Å². The zero-order chi connectivity index (χ0) is 27.4. The number of hydrogen-bond acceptors (Lipinski definition) is 7. The molecule has 0 aliphatic heterocycles. The topological polar surface area (TPSA) is 217 Å². The molecule has 0 spiro atoms. The van der Waals surface area contributed by atoms with Crippen molar-refractivity contribution in [2.24, 2.45) is 17.6 Å². The lowest BCUT2D eigenvalue weighted by atomic mass is 9.96. The lowest BCUT2D eigenvalue weighted by Crippen LogP contribution is -2.58. The average Bonchev–Trinajstić information content (AvgIpc) is 3.31. The summed E-state index contributed by atoms with van der Waals surface area (Å²) in [5.74, 6) is -4.74. The fraction of sp³-hybridized carbons (Fsp3) is 0.652. The number of aromatic amines is 1. The monoisotopic (exact) mass is 510 g/mol. The Labute approximate surface area is 210 Å². The van der Waals surface area contributed by atoms with E-state index in [1.807, 2.05) is 20.8 Å². The minimum absolute atomic E-state index is 0.0973. The van der Waals surface area contributed by atoms with Gasteiger partial charge in [0.1, 0.15) is 18.1 Å². The first-order valence-electron chi connectivity index (χ1n) is 11.9. The van der Waals surface area contributed by atoms with Crippen molar-refractivity contribution in [2.75, 3.05) is 0 Å². The third-order valence-electron chi connectivity index (χ3n) is 5.73. The van der Waals surface area contributed by atoms with Crippen molar-refractivity contribution < 1.29 is 34.2 Å². The van der Waals surface area contributed by atoms with Gasteiger partial charge < -0.3 is 36.9 Å². The molecule has 36 heavy (non-hydrogen) atoms. The highest BCUT2D eigenvalue weighted by Gasteiger charge is 2.33. The minimum Gasteiger partial charge on any atom is -0.481 e. The molecule has 1 aromatic heterocycles. The Morgan fingerprint density at radius 2 is 1.64 bits per heavy atom. The highest BCUT2D eigenvalue weighted by Crippen LogP contribution is 2.11. The Bertz CT molecular complexity index is 890. The Hall–Kier alpha value is -3.48. The molecule has 3 amide bonds. The van der Waals surface area contributed by atoms with E-state index in [1.165, 1.54) is 12.5 Å². The molecule has 0 fully saturated rings. The maximum absolute atomic E-state index is 13.1. The summed E-state index contributed by atoms with van der Waals surface area (Å²) in [7, 11) is 0. The van der Waals surface area contributed by atoms with Crippen LogP contribution in [0.15, 0.2) is 12.5 Å². The van der Waals surface area contributed by atoms with E-state index in [2.05, 4.69) is 25.9 Å². The summed E-state index contributed by atoms with van der Waals surface area (Å²) >= 11 is 0. The van der Waals surface area contributed by atoms with Crippen molar-refractivity contribution in [3.63, 3.8) is 0 Å². The average molecular weight is 511 g/mol. The van der Waals surface area contributed by atoms with Gasteiger partial charge in [-0.15, -0.1) is 0 Å². The molecule has 1 aromatic rings. The van der Waals surface area contributed by atoms with E-state index in [0.29, 0.717) is 18.5 Å². The molecule has 0 saturated heterocycles. The highest BCUT2D eigenvalue weighted by molar-refractivity contribution is 5.94. The standard InChI is InChI=1S/C23H38N6O7/c1-5-13(4)19(29-20(32)15(24)8-12(2)3)22(34)27-16(6-7-18(30)31)21(33)28-17(23(35)36)9-14-10-25-11-26-14/h10-13,15-17,19H,5-9,24H2,1-4H3,(H,25,26)(H,27,34)(H,28,33)(H,29,32)(H,30,31)(H,35,36). The van der Waals surface area contributed by atoms with E-state index in [9.17, 15) is 29.1 Å². The van der Waals surface area contributed by atoms with Gasteiger partial charge in [0.25, 0.3) is 0 Å². The third-order valence-corrected chi connectivity index (χ3v) is 5.73. The zero-order valence-electron chi connectivity index (χ0n) is 21.1. The summed E-state index contributed by atoms with van der Waals surface area (Å²) < 4.78 is 0. The number of aromatic nitrogens is 2. The minimum atomic E-state index is -1.35. The lowest BCUT2D eigenvalue weighted by molar-refractivity contribution is -0.143. The predicted molar refractivity (Wildman–Crippen MR) is 129 cm³/mol. The van der Waals surface area contributed by atoms with Crippen LogP contribution in [0.3, 0.4) is 0 Å². The van der Waals surface area contributed by atoms with Crippen LogP contribution in [0.25, 0.3) is 0 Å². The Morgan fingerprint density at radius 3 is 2.14 bits per heavy atom. The molecule has 0 bridgehead atoms. The molecule has 8 N–H and O–H groups in total. The molecule has 5 unspecified atom stereocenters. The lowest BCUT2D eigenvalue weighted by Gasteiger charge is -2.28. The van der Waals surface area contributed by atoms with Crippen LogP contribution in [0, 0.1) is 11.8 Å².